The maximum absolute atomic E-state index is 13.3. The Bertz CT molecular complexity index is 1080. The first-order chi connectivity index (χ1) is 12.4. The second-order valence-electron chi connectivity index (χ2n) is 5.52. The van der Waals surface area contributed by atoms with E-state index in [0.717, 1.165) is 6.20 Å². The number of nitrogens with two attached hydrogens (primary N) is 1. The quantitative estimate of drug-likeness (QED) is 0.603. The van der Waals surface area contributed by atoms with Crippen LogP contribution in [0.15, 0.2) is 47.2 Å². The zero-order valence-corrected chi connectivity index (χ0v) is 13.1. The van der Waals surface area contributed by atoms with Gasteiger partial charge in [-0.15, -0.1) is 0 Å². The van der Waals surface area contributed by atoms with Crippen molar-refractivity contribution < 1.29 is 17.8 Å². The highest BCUT2D eigenvalue weighted by molar-refractivity contribution is 5.81. The number of anilines is 1. The number of nitrogen functional groups attached to an aromatic ring is 1. The minimum absolute atomic E-state index is 0.000529. The van der Waals surface area contributed by atoms with Crippen molar-refractivity contribution in [3.63, 3.8) is 0 Å². The number of rotatable bonds is 3. The van der Waals surface area contributed by atoms with Gasteiger partial charge in [-0.05, 0) is 28.5 Å². The monoisotopic (exact) mass is 360 g/mol. The van der Waals surface area contributed by atoms with Crippen LogP contribution in [0.2, 0.25) is 0 Å². The molecule has 0 aliphatic heterocycles. The van der Waals surface area contributed by atoms with Gasteiger partial charge in [0.2, 0.25) is 0 Å². The van der Waals surface area contributed by atoms with E-state index in [0.29, 0.717) is 11.0 Å². The fourth-order valence-electron chi connectivity index (χ4n) is 2.76. The van der Waals surface area contributed by atoms with E-state index in [1.54, 1.807) is 28.8 Å². The lowest BCUT2D eigenvalue weighted by atomic mass is 10.1. The number of hydrogen-bond acceptors (Lipinski definition) is 6. The Balaban J connectivity index is 1.91. The van der Waals surface area contributed by atoms with Crippen LogP contribution < -0.4 is 5.73 Å². The Morgan fingerprint density at radius 3 is 2.62 bits per heavy atom. The number of fused-ring (bicyclic) bond motifs is 1. The number of para-hydroxylation sites is 2. The van der Waals surface area contributed by atoms with Crippen LogP contribution in [0.5, 0.6) is 0 Å². The van der Waals surface area contributed by atoms with Crippen LogP contribution in [0.1, 0.15) is 11.3 Å². The first kappa shape index (κ1) is 16.1. The highest BCUT2D eigenvalue weighted by Crippen LogP contribution is 2.32. The Kier molecular flexibility index (Phi) is 3.60. The van der Waals surface area contributed by atoms with E-state index in [9.17, 15) is 13.2 Å². The van der Waals surface area contributed by atoms with Crippen LogP contribution in [0.25, 0.3) is 22.6 Å². The summed E-state index contributed by atoms with van der Waals surface area (Å²) in [6.07, 6.45) is -3.46. The normalized spacial score (nSPS) is 12.0. The van der Waals surface area contributed by atoms with E-state index < -0.39 is 11.9 Å². The van der Waals surface area contributed by atoms with Gasteiger partial charge in [0.25, 0.3) is 0 Å². The zero-order valence-electron chi connectivity index (χ0n) is 13.1. The molecule has 0 saturated heterocycles. The fourth-order valence-corrected chi connectivity index (χ4v) is 2.76. The van der Waals surface area contributed by atoms with E-state index >= 15 is 0 Å². The number of aromatic nitrogens is 5. The molecule has 0 bridgehead atoms. The summed E-state index contributed by atoms with van der Waals surface area (Å²) in [5.74, 6) is 0.269. The van der Waals surface area contributed by atoms with Crippen molar-refractivity contribution >= 4 is 16.9 Å². The summed E-state index contributed by atoms with van der Waals surface area (Å²) in [7, 11) is 0. The van der Waals surface area contributed by atoms with Crippen molar-refractivity contribution in [3.05, 3.63) is 53.9 Å². The van der Waals surface area contributed by atoms with Crippen molar-refractivity contribution in [2.24, 2.45) is 0 Å². The highest BCUT2D eigenvalue weighted by Gasteiger charge is 2.35. The SMILES string of the molecule is Nc1nonc1-c1nc2ccccc2n1Cc1cccnc1C(F)(F)F. The first-order valence-electron chi connectivity index (χ1n) is 7.50. The maximum Gasteiger partial charge on any atom is 0.433 e. The van der Waals surface area contributed by atoms with Gasteiger partial charge in [-0.3, -0.25) is 4.98 Å². The predicted molar refractivity (Wildman–Crippen MR) is 85.8 cm³/mol. The molecule has 0 saturated carbocycles. The molecule has 132 valence electrons. The van der Waals surface area contributed by atoms with Gasteiger partial charge in [-0.25, -0.2) is 9.61 Å². The summed E-state index contributed by atoms with van der Waals surface area (Å²) in [5, 5.41) is 7.24. The van der Waals surface area contributed by atoms with Crippen LogP contribution in [-0.4, -0.2) is 24.8 Å². The molecule has 1 aromatic carbocycles. The molecular formula is C16H11F3N6O. The standard InChI is InChI=1S/C16H11F3N6O/c17-16(18,19)13-9(4-3-7-21-13)8-25-11-6-2-1-5-10(11)22-15(25)12-14(20)24-26-23-12/h1-7H,8H2,(H2,20,24). The van der Waals surface area contributed by atoms with Crippen LogP contribution in [0, 0.1) is 0 Å². The summed E-state index contributed by atoms with van der Waals surface area (Å²) in [5.41, 5.74) is 6.17. The molecule has 0 radical (unpaired) electrons. The fraction of sp³-hybridized carbons (Fsp3) is 0.125. The molecule has 0 spiro atoms. The Morgan fingerprint density at radius 1 is 1.08 bits per heavy atom. The number of halogens is 3. The lowest BCUT2D eigenvalue weighted by molar-refractivity contribution is -0.141. The molecule has 4 aromatic rings. The number of benzene rings is 1. The zero-order chi connectivity index (χ0) is 18.3. The van der Waals surface area contributed by atoms with Crippen molar-refractivity contribution in [1.29, 1.82) is 0 Å². The molecular weight excluding hydrogens is 349 g/mol. The Labute approximate surface area is 144 Å². The van der Waals surface area contributed by atoms with Crippen molar-refractivity contribution in [2.75, 3.05) is 5.73 Å². The number of alkyl halides is 3. The van der Waals surface area contributed by atoms with Gasteiger partial charge in [0.15, 0.2) is 17.3 Å². The lowest BCUT2D eigenvalue weighted by Gasteiger charge is -2.13. The number of nitrogens with zero attached hydrogens (tertiary/aromatic N) is 5. The van der Waals surface area contributed by atoms with E-state index in [1.807, 2.05) is 0 Å². The topological polar surface area (TPSA) is 95.6 Å². The minimum atomic E-state index is -4.57. The molecule has 4 rings (SSSR count). The Morgan fingerprint density at radius 2 is 1.88 bits per heavy atom. The predicted octanol–water partition coefficient (Wildman–Crippen LogP) is 3.13. The number of hydrogen-bond donors (Lipinski definition) is 1. The average Bonchev–Trinajstić information content (AvgIpc) is 3.18. The second-order valence-corrected chi connectivity index (χ2v) is 5.52. The molecule has 26 heavy (non-hydrogen) atoms. The van der Waals surface area contributed by atoms with Gasteiger partial charge < -0.3 is 10.3 Å². The third-order valence-electron chi connectivity index (χ3n) is 3.87. The molecule has 0 unspecified atom stereocenters. The van der Waals surface area contributed by atoms with Gasteiger partial charge in [0.1, 0.15) is 5.69 Å². The summed E-state index contributed by atoms with van der Waals surface area (Å²) in [6.45, 7) is -0.120. The maximum atomic E-state index is 13.3. The van der Waals surface area contributed by atoms with Crippen LogP contribution >= 0.6 is 0 Å². The molecule has 0 aliphatic rings. The molecule has 0 amide bonds. The highest BCUT2D eigenvalue weighted by atomic mass is 19.4. The van der Waals surface area contributed by atoms with Crippen molar-refractivity contribution in [2.45, 2.75) is 12.7 Å². The average molecular weight is 360 g/mol. The largest absolute Gasteiger partial charge is 0.433 e. The first-order valence-corrected chi connectivity index (χ1v) is 7.50. The van der Waals surface area contributed by atoms with Crippen LogP contribution in [0.4, 0.5) is 19.0 Å². The van der Waals surface area contributed by atoms with Gasteiger partial charge in [0.05, 0.1) is 17.6 Å². The molecule has 3 heterocycles. The molecule has 0 aliphatic carbocycles. The Hall–Kier alpha value is -3.43. The van der Waals surface area contributed by atoms with Gasteiger partial charge in [0, 0.05) is 11.8 Å². The minimum Gasteiger partial charge on any atom is -0.379 e. The van der Waals surface area contributed by atoms with Crippen molar-refractivity contribution in [3.8, 4) is 11.5 Å². The molecule has 10 heteroatoms. The van der Waals surface area contributed by atoms with Crippen molar-refractivity contribution in [1.82, 2.24) is 24.8 Å². The molecule has 0 fully saturated rings. The van der Waals surface area contributed by atoms with Gasteiger partial charge in [-0.1, -0.05) is 18.2 Å². The summed E-state index contributed by atoms with van der Waals surface area (Å²) >= 11 is 0. The van der Waals surface area contributed by atoms with E-state index in [1.165, 1.54) is 12.1 Å². The number of imidazole rings is 1. The van der Waals surface area contributed by atoms with E-state index in [2.05, 4.69) is 24.9 Å². The third-order valence-corrected chi connectivity index (χ3v) is 3.87. The molecule has 3 aromatic heterocycles. The molecule has 7 nitrogen and oxygen atoms in total. The van der Waals surface area contributed by atoms with E-state index in [4.69, 9.17) is 5.73 Å². The summed E-state index contributed by atoms with van der Waals surface area (Å²) in [6, 6.07) is 9.86. The lowest BCUT2D eigenvalue weighted by Crippen LogP contribution is -2.14. The van der Waals surface area contributed by atoms with E-state index in [-0.39, 0.29) is 29.4 Å². The number of pyridine rings is 1. The van der Waals surface area contributed by atoms with Gasteiger partial charge in [-0.2, -0.15) is 13.2 Å². The molecule has 2 N–H and O–H groups in total. The van der Waals surface area contributed by atoms with Gasteiger partial charge >= 0.3 is 6.18 Å². The smallest absolute Gasteiger partial charge is 0.379 e. The second kappa shape index (κ2) is 5.83. The third kappa shape index (κ3) is 2.65. The molecule has 0 atom stereocenters. The van der Waals surface area contributed by atoms with Crippen LogP contribution in [-0.2, 0) is 12.7 Å². The summed E-state index contributed by atoms with van der Waals surface area (Å²) < 4.78 is 46.0. The van der Waals surface area contributed by atoms with Crippen LogP contribution in [0.3, 0.4) is 0 Å². The summed E-state index contributed by atoms with van der Waals surface area (Å²) in [4.78, 5) is 7.91.